The minimum atomic E-state index is 0. The van der Waals surface area contributed by atoms with Crippen LogP contribution in [0.3, 0.4) is 0 Å². The molecule has 1 unspecified atom stereocenters. The molecular formula is C88H145N9O4. The standard InChI is InChI=1S/C24H39N3O.C22H34N2O.2C21H32N2O.4H2/c1-18(17-23(2,3)4)27-15-13-24(14-16-27)12-11-21(25-22(28)26(5)6)19-9-7-8-10-20(19)24;1-4-18(5-2)16-24-14-12-22(13-15-24)11-10-21(23-17(3)25)19-8-6-7-9-20(19)22;1-4-20(24)22-19-15-21(18-8-6-5-7-17(18)19)10-13-23(14-11-21)12-9-16(2)3;1-4-16(2)15-23-13-11-21(12-14-23)10-9-20(22-17(3)24)18-7-5-6-8-19(18)21;;;;/h7-10,18,21H,11-17H2,1-6H3,(H,25,28);6-9,18,21H,4-5,10-16H2,1-3H3,(H,23,25);5-8,16,19H,4,9-15H2,1-3H3,(H,22,24);5-8,16,20H,4,9-15H2,1-3H3,(H,22,24);4*1H/t18?,21-;21-;19-;16-,20+;;;;/m0001..../s1. The zero-order valence-corrected chi connectivity index (χ0v) is 65.9. The van der Waals surface area contributed by atoms with Gasteiger partial charge in [-0.05, 0) is 259 Å². The second-order valence-electron chi connectivity index (χ2n) is 34.6. The van der Waals surface area contributed by atoms with Gasteiger partial charge in [-0.3, -0.25) is 14.4 Å². The van der Waals surface area contributed by atoms with Crippen molar-refractivity contribution in [3.05, 3.63) is 142 Å². The van der Waals surface area contributed by atoms with Crippen LogP contribution in [0.15, 0.2) is 97.1 Å². The van der Waals surface area contributed by atoms with Crippen LogP contribution < -0.4 is 21.3 Å². The lowest BCUT2D eigenvalue weighted by molar-refractivity contribution is -0.122. The molecule has 0 saturated carbocycles. The summed E-state index contributed by atoms with van der Waals surface area (Å²) >= 11 is 0. The minimum absolute atomic E-state index is 0. The Morgan fingerprint density at radius 3 is 1.25 bits per heavy atom. The molecule has 566 valence electrons. The quantitative estimate of drug-likeness (QED) is 0.0822. The first-order valence-corrected chi connectivity index (χ1v) is 40.4. The highest BCUT2D eigenvalue weighted by Crippen LogP contribution is 2.53. The van der Waals surface area contributed by atoms with Crippen molar-refractivity contribution in [3.8, 4) is 0 Å². The average molecular weight is 1390 g/mol. The molecule has 5 amide bonds. The molecule has 4 aliphatic carbocycles. The Morgan fingerprint density at radius 1 is 0.485 bits per heavy atom. The number of hydrogen-bond acceptors (Lipinski definition) is 8. The molecule has 6 atom stereocenters. The van der Waals surface area contributed by atoms with E-state index >= 15 is 0 Å². The summed E-state index contributed by atoms with van der Waals surface area (Å²) in [4.78, 5) is 59.6. The fourth-order valence-corrected chi connectivity index (χ4v) is 19.4. The maximum atomic E-state index is 12.2. The van der Waals surface area contributed by atoms with E-state index in [1.54, 1.807) is 32.8 Å². The molecule has 13 nitrogen and oxygen atoms in total. The van der Waals surface area contributed by atoms with Crippen molar-refractivity contribution >= 4 is 23.8 Å². The predicted molar refractivity (Wildman–Crippen MR) is 427 cm³/mol. The smallest absolute Gasteiger partial charge is 0.317 e. The van der Waals surface area contributed by atoms with Gasteiger partial charge in [0.25, 0.3) is 0 Å². The minimum Gasteiger partial charge on any atom is -0.350 e. The summed E-state index contributed by atoms with van der Waals surface area (Å²) in [7, 11) is 3.61. The summed E-state index contributed by atoms with van der Waals surface area (Å²) in [6.45, 7) is 41.8. The van der Waals surface area contributed by atoms with Crippen LogP contribution in [0, 0.1) is 23.2 Å². The maximum Gasteiger partial charge on any atom is 0.317 e. The van der Waals surface area contributed by atoms with E-state index in [4.69, 9.17) is 0 Å². The Morgan fingerprint density at radius 2 is 0.861 bits per heavy atom. The van der Waals surface area contributed by atoms with Gasteiger partial charge < -0.3 is 45.8 Å². The molecule has 0 bridgehead atoms. The third-order valence-corrected chi connectivity index (χ3v) is 25.8. The number of carbonyl (C=O) groups excluding carboxylic acids is 4. The van der Waals surface area contributed by atoms with E-state index in [0.29, 0.717) is 28.7 Å². The molecule has 4 N–H and O–H groups in total. The molecule has 4 aliphatic heterocycles. The highest BCUT2D eigenvalue weighted by atomic mass is 16.2. The normalized spacial score (nSPS) is 23.3. The molecule has 4 heterocycles. The van der Waals surface area contributed by atoms with Crippen LogP contribution in [0.1, 0.15) is 299 Å². The van der Waals surface area contributed by atoms with Crippen LogP contribution in [0.25, 0.3) is 0 Å². The number of piperidine rings is 4. The highest BCUT2D eigenvalue weighted by Gasteiger charge is 2.48. The number of urea groups is 1. The molecular weight excluding hydrogens is 1250 g/mol. The number of hydrogen-bond donors (Lipinski definition) is 4. The van der Waals surface area contributed by atoms with Crippen molar-refractivity contribution in [3.63, 3.8) is 0 Å². The Hall–Kier alpha value is -5.60. The van der Waals surface area contributed by atoms with Gasteiger partial charge in [-0.15, -0.1) is 0 Å². The largest absolute Gasteiger partial charge is 0.350 e. The van der Waals surface area contributed by atoms with Crippen molar-refractivity contribution in [2.24, 2.45) is 23.2 Å². The average Bonchev–Trinajstić information content (AvgIpc) is 1.64. The number of benzene rings is 4. The number of carbonyl (C=O) groups is 4. The summed E-state index contributed by atoms with van der Waals surface area (Å²) in [6.07, 6.45) is 24.7. The van der Waals surface area contributed by atoms with Crippen molar-refractivity contribution < 1.29 is 24.9 Å². The Labute approximate surface area is 619 Å². The number of likely N-dealkylation sites (tertiary alicyclic amines) is 4. The summed E-state index contributed by atoms with van der Waals surface area (Å²) in [6, 6.07) is 36.7. The lowest BCUT2D eigenvalue weighted by Gasteiger charge is -2.49. The number of amides is 5. The van der Waals surface area contributed by atoms with Gasteiger partial charge in [-0.25, -0.2) is 4.79 Å². The summed E-state index contributed by atoms with van der Waals surface area (Å²) < 4.78 is 0. The SMILES string of the molecule is CC(CC(C)(C)C)N1CCC2(CC[C@H](NC(=O)N(C)C)c3ccccc32)CC1.CCC(=O)N[C@H]1CC2(CCN(CCC(C)C)CC2)c2ccccc21.CCC(CC)CN1CCC2(CC[C@H](NC(C)=O)c3ccccc32)CC1.CC[C@@H](C)CN1CCC2(CC[C@H](NC(C)=O)c3ccccc32)CC1.[HH].[HH].[HH].[HH]. The van der Waals surface area contributed by atoms with Gasteiger partial charge in [-0.1, -0.05) is 186 Å². The van der Waals surface area contributed by atoms with Crippen molar-refractivity contribution in [2.45, 2.75) is 277 Å². The Balaban J connectivity index is 0.000000249. The molecule has 4 aromatic rings. The molecule has 4 saturated heterocycles. The number of nitrogens with zero attached hydrogens (tertiary/aromatic N) is 5. The molecule has 4 aromatic carbocycles. The summed E-state index contributed by atoms with van der Waals surface area (Å²) in [5.74, 6) is 2.74. The van der Waals surface area contributed by atoms with Crippen LogP contribution in [-0.2, 0) is 36.0 Å². The highest BCUT2D eigenvalue weighted by molar-refractivity contribution is 5.77. The molecule has 101 heavy (non-hydrogen) atoms. The van der Waals surface area contributed by atoms with Crippen molar-refractivity contribution in [1.29, 1.82) is 0 Å². The van der Waals surface area contributed by atoms with Crippen LogP contribution >= 0.6 is 0 Å². The zero-order chi connectivity index (χ0) is 72.7. The first-order chi connectivity index (χ1) is 48.3. The number of rotatable bonds is 17. The second kappa shape index (κ2) is 35.9. The van der Waals surface area contributed by atoms with Crippen LogP contribution in [-0.4, -0.2) is 140 Å². The molecule has 0 aromatic heterocycles. The molecule has 13 heteroatoms. The Kier molecular flexibility index (Phi) is 28.3. The lowest BCUT2D eigenvalue weighted by Crippen LogP contribution is -2.49. The topological polar surface area (TPSA) is 133 Å². The third-order valence-electron chi connectivity index (χ3n) is 25.8. The lowest BCUT2D eigenvalue weighted by atomic mass is 9.63. The van der Waals surface area contributed by atoms with Gasteiger partial charge in [-0.2, -0.15) is 0 Å². The van der Waals surface area contributed by atoms with Gasteiger partial charge in [0.2, 0.25) is 17.7 Å². The number of fused-ring (bicyclic) bond motifs is 8. The van der Waals surface area contributed by atoms with E-state index in [1.807, 2.05) is 6.92 Å². The first-order valence-electron chi connectivity index (χ1n) is 40.4. The maximum absolute atomic E-state index is 12.2. The molecule has 8 aliphatic rings. The van der Waals surface area contributed by atoms with E-state index in [-0.39, 0.29) is 64.5 Å². The van der Waals surface area contributed by atoms with Gasteiger partial charge in [0.1, 0.15) is 0 Å². The fourth-order valence-electron chi connectivity index (χ4n) is 19.4. The Bertz CT molecular complexity index is 3300. The van der Waals surface area contributed by atoms with Gasteiger partial charge in [0.05, 0.1) is 24.2 Å². The van der Waals surface area contributed by atoms with Crippen LogP contribution in [0.2, 0.25) is 0 Å². The molecule has 12 rings (SSSR count). The number of nitrogens with one attached hydrogen (secondary N) is 4. The molecule has 4 spiro atoms. The second-order valence-corrected chi connectivity index (χ2v) is 34.6. The van der Waals surface area contributed by atoms with Crippen molar-refractivity contribution in [2.75, 3.05) is 86.1 Å². The third kappa shape index (κ3) is 20.3. The van der Waals surface area contributed by atoms with E-state index in [9.17, 15) is 19.2 Å². The van der Waals surface area contributed by atoms with E-state index in [0.717, 1.165) is 43.4 Å². The van der Waals surface area contributed by atoms with E-state index in [2.05, 4.69) is 207 Å². The van der Waals surface area contributed by atoms with E-state index < -0.39 is 0 Å². The summed E-state index contributed by atoms with van der Waals surface area (Å²) in [5.41, 5.74) is 13.0. The summed E-state index contributed by atoms with van der Waals surface area (Å²) in [5, 5.41) is 12.8. The van der Waals surface area contributed by atoms with E-state index in [1.165, 1.54) is 219 Å². The zero-order valence-electron chi connectivity index (χ0n) is 65.9. The van der Waals surface area contributed by atoms with Crippen LogP contribution in [0.5, 0.6) is 0 Å². The van der Waals surface area contributed by atoms with Crippen molar-refractivity contribution in [1.82, 2.24) is 45.8 Å². The predicted octanol–water partition coefficient (Wildman–Crippen LogP) is 18.4. The monoisotopic (exact) mass is 1390 g/mol. The van der Waals surface area contributed by atoms with Gasteiger partial charge in [0, 0.05) is 64.6 Å². The molecule has 0 radical (unpaired) electrons. The van der Waals surface area contributed by atoms with Crippen LogP contribution in [0.4, 0.5) is 4.79 Å². The molecule has 4 fully saturated rings. The van der Waals surface area contributed by atoms with Gasteiger partial charge in [0.15, 0.2) is 0 Å². The fraction of sp³-hybridized carbons (Fsp3) is 0.682. The van der Waals surface area contributed by atoms with Gasteiger partial charge >= 0.3 is 6.03 Å². The first kappa shape index (κ1) is 79.5.